The van der Waals surface area contributed by atoms with Crippen LogP contribution in [0.4, 0.5) is 0 Å². The van der Waals surface area contributed by atoms with Crippen LogP contribution in [0.15, 0.2) is 18.2 Å². The molecule has 0 bridgehead atoms. The van der Waals surface area contributed by atoms with E-state index in [1.165, 1.54) is 37.0 Å². The van der Waals surface area contributed by atoms with E-state index in [4.69, 9.17) is 11.6 Å². The van der Waals surface area contributed by atoms with Crippen molar-refractivity contribution in [3.63, 3.8) is 0 Å². The number of rotatable bonds is 2. The molecule has 0 radical (unpaired) electrons. The monoisotopic (exact) mass is 320 g/mol. The maximum Gasteiger partial charge on any atom is 0.234 e. The van der Waals surface area contributed by atoms with Gasteiger partial charge in [0.15, 0.2) is 5.82 Å². The van der Waals surface area contributed by atoms with Crippen LogP contribution in [0, 0.1) is 0 Å². The van der Waals surface area contributed by atoms with Crippen molar-refractivity contribution >= 4 is 27.9 Å². The highest BCUT2D eigenvalue weighted by molar-refractivity contribution is 7.19. The molecule has 2 aromatic heterocycles. The van der Waals surface area contributed by atoms with Crippen molar-refractivity contribution < 1.29 is 5.11 Å². The Hall–Kier alpha value is -1.66. The van der Waals surface area contributed by atoms with Gasteiger partial charge >= 0.3 is 0 Å². The van der Waals surface area contributed by atoms with Gasteiger partial charge in [0.2, 0.25) is 4.96 Å². The normalized spacial score (nSPS) is 16.0. The Morgan fingerprint density at radius 2 is 2.05 bits per heavy atom. The van der Waals surface area contributed by atoms with Gasteiger partial charge in [0.05, 0.1) is 5.02 Å². The summed E-state index contributed by atoms with van der Waals surface area (Å²) in [4.78, 5) is 0.802. The molecular weight excluding hydrogens is 308 g/mol. The maximum atomic E-state index is 9.50. The Bertz CT molecular complexity index is 807. The molecule has 0 atom stereocenters. The zero-order valence-corrected chi connectivity index (χ0v) is 12.7. The molecule has 1 saturated carbocycles. The second-order valence-corrected chi connectivity index (χ2v) is 6.67. The van der Waals surface area contributed by atoms with E-state index in [1.54, 1.807) is 12.1 Å². The molecule has 0 saturated heterocycles. The van der Waals surface area contributed by atoms with E-state index < -0.39 is 0 Å². The molecule has 0 aliphatic heterocycles. The van der Waals surface area contributed by atoms with Crippen molar-refractivity contribution in [3.05, 3.63) is 29.0 Å². The van der Waals surface area contributed by atoms with Gasteiger partial charge in [-0.3, -0.25) is 0 Å². The average molecular weight is 321 g/mol. The van der Waals surface area contributed by atoms with Crippen LogP contribution in [0.25, 0.3) is 15.5 Å². The minimum atomic E-state index is 0.0788. The quantitative estimate of drug-likeness (QED) is 0.778. The molecule has 1 aromatic carbocycles. The van der Waals surface area contributed by atoms with E-state index in [0.29, 0.717) is 10.9 Å². The molecule has 21 heavy (non-hydrogen) atoms. The fourth-order valence-electron chi connectivity index (χ4n) is 2.83. The fourth-order valence-corrected chi connectivity index (χ4v) is 3.85. The van der Waals surface area contributed by atoms with Gasteiger partial charge < -0.3 is 5.11 Å². The molecule has 0 amide bonds. The predicted octanol–water partition coefficient (Wildman–Crippen LogP) is 3.87. The van der Waals surface area contributed by atoms with Gasteiger partial charge in [-0.15, -0.1) is 10.2 Å². The third-order valence-electron chi connectivity index (χ3n) is 3.93. The van der Waals surface area contributed by atoms with Crippen LogP contribution in [-0.2, 0) is 0 Å². The number of benzene rings is 1. The van der Waals surface area contributed by atoms with Crippen molar-refractivity contribution in [2.75, 3.05) is 0 Å². The summed E-state index contributed by atoms with van der Waals surface area (Å²) in [6, 6.07) is 5.11. The van der Waals surface area contributed by atoms with Gasteiger partial charge in [-0.25, -0.2) is 0 Å². The molecule has 1 aliphatic carbocycles. The van der Waals surface area contributed by atoms with Crippen LogP contribution in [0.2, 0.25) is 5.02 Å². The Morgan fingerprint density at radius 3 is 2.81 bits per heavy atom. The molecule has 0 unspecified atom stereocenters. The number of hydrogen-bond acceptors (Lipinski definition) is 5. The Morgan fingerprint density at radius 1 is 1.24 bits per heavy atom. The number of phenolic OH excluding ortho intramolecular Hbond substituents is 1. The summed E-state index contributed by atoms with van der Waals surface area (Å²) in [6.07, 6.45) is 4.84. The third-order valence-corrected chi connectivity index (χ3v) is 5.18. The standard InChI is InChI=1S/C14H13ClN4OS/c15-10-7-9(5-6-11(10)20)13-18-19-12(8-3-1-2-4-8)16-17-14(19)21-13/h5-8,20H,1-4H2. The summed E-state index contributed by atoms with van der Waals surface area (Å²) in [6.45, 7) is 0. The highest BCUT2D eigenvalue weighted by atomic mass is 35.5. The van der Waals surface area contributed by atoms with Crippen molar-refractivity contribution in [1.29, 1.82) is 0 Å². The highest BCUT2D eigenvalue weighted by Crippen LogP contribution is 2.35. The van der Waals surface area contributed by atoms with Gasteiger partial charge in [0.25, 0.3) is 0 Å². The van der Waals surface area contributed by atoms with E-state index >= 15 is 0 Å². The first kappa shape index (κ1) is 13.0. The summed E-state index contributed by atoms with van der Waals surface area (Å²) in [7, 11) is 0. The number of phenols is 1. The molecule has 5 nitrogen and oxygen atoms in total. The van der Waals surface area contributed by atoms with Crippen LogP contribution < -0.4 is 0 Å². The second kappa shape index (κ2) is 4.96. The van der Waals surface area contributed by atoms with Crippen LogP contribution >= 0.6 is 22.9 Å². The molecule has 108 valence electrons. The van der Waals surface area contributed by atoms with E-state index in [1.807, 2.05) is 10.6 Å². The van der Waals surface area contributed by atoms with Crippen LogP contribution in [0.3, 0.4) is 0 Å². The van der Waals surface area contributed by atoms with E-state index in [2.05, 4.69) is 15.3 Å². The fraction of sp³-hybridized carbons (Fsp3) is 0.357. The van der Waals surface area contributed by atoms with Gasteiger partial charge in [-0.05, 0) is 31.0 Å². The number of hydrogen-bond donors (Lipinski definition) is 1. The van der Waals surface area contributed by atoms with Gasteiger partial charge in [-0.1, -0.05) is 35.8 Å². The molecule has 7 heteroatoms. The molecule has 1 fully saturated rings. The summed E-state index contributed by atoms with van der Waals surface area (Å²) in [5.41, 5.74) is 0.880. The van der Waals surface area contributed by atoms with Gasteiger partial charge in [0.1, 0.15) is 10.8 Å². The molecule has 3 aromatic rings. The number of aromatic nitrogens is 4. The van der Waals surface area contributed by atoms with Crippen LogP contribution in [0.1, 0.15) is 37.4 Å². The lowest BCUT2D eigenvalue weighted by atomic mass is 10.1. The number of aromatic hydroxyl groups is 1. The van der Waals surface area contributed by atoms with Crippen molar-refractivity contribution in [2.24, 2.45) is 0 Å². The number of fused-ring (bicyclic) bond motifs is 1. The molecule has 2 heterocycles. The number of nitrogens with zero attached hydrogens (tertiary/aromatic N) is 4. The lowest BCUT2D eigenvalue weighted by Gasteiger charge is -2.03. The molecule has 4 rings (SSSR count). The van der Waals surface area contributed by atoms with Crippen molar-refractivity contribution in [2.45, 2.75) is 31.6 Å². The minimum absolute atomic E-state index is 0.0788. The maximum absolute atomic E-state index is 9.50. The first-order valence-corrected chi connectivity index (χ1v) is 8.13. The number of halogens is 1. The summed E-state index contributed by atoms with van der Waals surface area (Å²) < 4.78 is 1.86. The minimum Gasteiger partial charge on any atom is -0.506 e. The molecule has 1 aliphatic rings. The summed E-state index contributed by atoms with van der Waals surface area (Å²) in [5, 5.41) is 23.8. The van der Waals surface area contributed by atoms with E-state index in [-0.39, 0.29) is 5.75 Å². The van der Waals surface area contributed by atoms with E-state index in [0.717, 1.165) is 21.4 Å². The van der Waals surface area contributed by atoms with Gasteiger partial charge in [-0.2, -0.15) is 9.61 Å². The van der Waals surface area contributed by atoms with Crippen LogP contribution in [0.5, 0.6) is 5.75 Å². The lowest BCUT2D eigenvalue weighted by Crippen LogP contribution is -2.01. The zero-order valence-electron chi connectivity index (χ0n) is 11.2. The Kier molecular flexibility index (Phi) is 3.08. The zero-order chi connectivity index (χ0) is 14.4. The second-order valence-electron chi connectivity index (χ2n) is 5.31. The smallest absolute Gasteiger partial charge is 0.234 e. The predicted molar refractivity (Wildman–Crippen MR) is 82.0 cm³/mol. The van der Waals surface area contributed by atoms with Crippen LogP contribution in [-0.4, -0.2) is 24.9 Å². The van der Waals surface area contributed by atoms with Crippen molar-refractivity contribution in [1.82, 2.24) is 19.8 Å². The molecule has 0 spiro atoms. The molecular formula is C14H13ClN4OS. The Balaban J connectivity index is 1.78. The summed E-state index contributed by atoms with van der Waals surface area (Å²) in [5.74, 6) is 1.52. The average Bonchev–Trinajstić information content (AvgIpc) is 3.16. The largest absolute Gasteiger partial charge is 0.506 e. The topological polar surface area (TPSA) is 63.3 Å². The lowest BCUT2D eigenvalue weighted by molar-refractivity contribution is 0.475. The first-order valence-electron chi connectivity index (χ1n) is 6.93. The van der Waals surface area contributed by atoms with Gasteiger partial charge in [0, 0.05) is 11.5 Å². The SMILES string of the molecule is Oc1ccc(-c2nn3c(C4CCCC4)nnc3s2)cc1Cl. The first-order chi connectivity index (χ1) is 10.2. The molecule has 1 N–H and O–H groups in total. The highest BCUT2D eigenvalue weighted by Gasteiger charge is 2.24. The van der Waals surface area contributed by atoms with E-state index in [9.17, 15) is 5.11 Å². The third kappa shape index (κ3) is 2.18. The Labute approximate surface area is 130 Å². The van der Waals surface area contributed by atoms with Crippen molar-refractivity contribution in [3.8, 4) is 16.3 Å². The summed E-state index contributed by atoms with van der Waals surface area (Å²) >= 11 is 7.45.